The van der Waals surface area contributed by atoms with Gasteiger partial charge in [0.1, 0.15) is 0 Å². The standard InChI is InChI=1S/C21H33N3O2/c1-25-16-20-12-21(17-24(20)14-19-4-2-3-8-22-19)6-9-23(10-7-21)13-18-5-11-26-15-18/h2-4,8,18,20H,5-7,9-17H2,1H3. The number of nitrogens with zero attached hydrogens (tertiary/aromatic N) is 3. The van der Waals surface area contributed by atoms with Crippen LogP contribution in [0.5, 0.6) is 0 Å². The van der Waals surface area contributed by atoms with Gasteiger partial charge in [-0.2, -0.15) is 0 Å². The lowest BCUT2D eigenvalue weighted by Gasteiger charge is -2.40. The van der Waals surface area contributed by atoms with Gasteiger partial charge in [0.15, 0.2) is 0 Å². The first-order valence-electron chi connectivity index (χ1n) is 10.2. The molecular weight excluding hydrogens is 326 g/mol. The molecule has 3 saturated heterocycles. The van der Waals surface area contributed by atoms with Gasteiger partial charge in [-0.05, 0) is 62.2 Å². The van der Waals surface area contributed by atoms with Crippen LogP contribution in [0.1, 0.15) is 31.4 Å². The molecule has 1 spiro atoms. The fourth-order valence-electron chi connectivity index (χ4n) is 5.16. The van der Waals surface area contributed by atoms with E-state index in [0.29, 0.717) is 11.5 Å². The monoisotopic (exact) mass is 359 g/mol. The zero-order valence-electron chi connectivity index (χ0n) is 16.1. The average Bonchev–Trinajstić information content (AvgIpc) is 3.27. The van der Waals surface area contributed by atoms with Gasteiger partial charge in [0.25, 0.3) is 0 Å². The molecule has 0 amide bonds. The lowest BCUT2D eigenvalue weighted by Crippen LogP contribution is -2.43. The molecule has 4 rings (SSSR count). The minimum Gasteiger partial charge on any atom is -0.383 e. The maximum absolute atomic E-state index is 5.55. The summed E-state index contributed by atoms with van der Waals surface area (Å²) >= 11 is 0. The summed E-state index contributed by atoms with van der Waals surface area (Å²) < 4.78 is 11.1. The second kappa shape index (κ2) is 8.34. The maximum Gasteiger partial charge on any atom is 0.0618 e. The molecule has 0 bridgehead atoms. The van der Waals surface area contributed by atoms with Gasteiger partial charge < -0.3 is 14.4 Å². The fraction of sp³-hybridized carbons (Fsp3) is 0.762. The number of likely N-dealkylation sites (tertiary alicyclic amines) is 2. The Bertz CT molecular complexity index is 554. The van der Waals surface area contributed by atoms with E-state index >= 15 is 0 Å². The molecule has 0 radical (unpaired) electrons. The minimum absolute atomic E-state index is 0.473. The van der Waals surface area contributed by atoms with Crippen molar-refractivity contribution < 1.29 is 9.47 Å². The van der Waals surface area contributed by atoms with Crippen molar-refractivity contribution in [3.05, 3.63) is 30.1 Å². The van der Waals surface area contributed by atoms with E-state index in [0.717, 1.165) is 32.3 Å². The van der Waals surface area contributed by atoms with E-state index in [1.54, 1.807) is 0 Å². The second-order valence-corrected chi connectivity index (χ2v) is 8.57. The smallest absolute Gasteiger partial charge is 0.0618 e. The summed E-state index contributed by atoms with van der Waals surface area (Å²) in [5, 5.41) is 0. The molecule has 4 heterocycles. The quantitative estimate of drug-likeness (QED) is 0.780. The van der Waals surface area contributed by atoms with Gasteiger partial charge in [0, 0.05) is 45.6 Å². The Balaban J connectivity index is 1.35. The molecule has 1 aromatic rings. The number of ether oxygens (including phenoxy) is 2. The van der Waals surface area contributed by atoms with E-state index in [4.69, 9.17) is 9.47 Å². The van der Waals surface area contributed by atoms with Crippen LogP contribution in [0.25, 0.3) is 0 Å². The molecule has 0 N–H and O–H groups in total. The van der Waals surface area contributed by atoms with Gasteiger partial charge in [0.05, 0.1) is 18.9 Å². The molecule has 3 aliphatic rings. The molecule has 5 nitrogen and oxygen atoms in total. The van der Waals surface area contributed by atoms with Crippen molar-refractivity contribution in [1.29, 1.82) is 0 Å². The van der Waals surface area contributed by atoms with Gasteiger partial charge in [-0.3, -0.25) is 9.88 Å². The van der Waals surface area contributed by atoms with Crippen LogP contribution < -0.4 is 0 Å². The van der Waals surface area contributed by atoms with Gasteiger partial charge in [-0.25, -0.2) is 0 Å². The number of methoxy groups -OCH3 is 1. The van der Waals surface area contributed by atoms with Gasteiger partial charge in [-0.1, -0.05) is 6.07 Å². The SMILES string of the molecule is COCC1CC2(CCN(CC3CCOC3)CC2)CN1Cc1ccccn1. The average molecular weight is 360 g/mol. The third-order valence-corrected chi connectivity index (χ3v) is 6.63. The normalized spacial score (nSPS) is 29.6. The third kappa shape index (κ3) is 4.28. The molecule has 2 unspecified atom stereocenters. The summed E-state index contributed by atoms with van der Waals surface area (Å²) in [6.07, 6.45) is 7.06. The molecule has 1 aromatic heterocycles. The largest absolute Gasteiger partial charge is 0.383 e. The van der Waals surface area contributed by atoms with Crippen molar-refractivity contribution in [3.63, 3.8) is 0 Å². The number of aromatic nitrogens is 1. The first-order valence-corrected chi connectivity index (χ1v) is 10.2. The number of hydrogen-bond donors (Lipinski definition) is 0. The van der Waals surface area contributed by atoms with Crippen LogP contribution in [0.4, 0.5) is 0 Å². The topological polar surface area (TPSA) is 37.8 Å². The Morgan fingerprint density at radius 2 is 2.19 bits per heavy atom. The highest BCUT2D eigenvalue weighted by molar-refractivity contribution is 5.06. The van der Waals surface area contributed by atoms with Crippen molar-refractivity contribution in [2.75, 3.05) is 53.1 Å². The summed E-state index contributed by atoms with van der Waals surface area (Å²) in [4.78, 5) is 9.83. The molecule has 0 aliphatic carbocycles. The number of pyridine rings is 1. The van der Waals surface area contributed by atoms with Crippen LogP contribution in [0.15, 0.2) is 24.4 Å². The summed E-state index contributed by atoms with van der Waals surface area (Å²) in [6.45, 7) is 8.62. The Kier molecular flexibility index (Phi) is 5.89. The number of hydrogen-bond acceptors (Lipinski definition) is 5. The zero-order chi connectivity index (χ0) is 17.8. The summed E-state index contributed by atoms with van der Waals surface area (Å²) in [5.74, 6) is 0.759. The Labute approximate surface area is 157 Å². The Hall–Kier alpha value is -1.01. The molecule has 3 fully saturated rings. The van der Waals surface area contributed by atoms with Crippen molar-refractivity contribution in [2.45, 2.75) is 38.3 Å². The summed E-state index contributed by atoms with van der Waals surface area (Å²) in [5.41, 5.74) is 1.64. The van der Waals surface area contributed by atoms with Gasteiger partial charge >= 0.3 is 0 Å². The molecule has 26 heavy (non-hydrogen) atoms. The van der Waals surface area contributed by atoms with Crippen LogP contribution in [0, 0.1) is 11.3 Å². The third-order valence-electron chi connectivity index (χ3n) is 6.63. The predicted octanol–water partition coefficient (Wildman–Crippen LogP) is 2.42. The first kappa shape index (κ1) is 18.4. The Morgan fingerprint density at radius 3 is 2.88 bits per heavy atom. The maximum atomic E-state index is 5.55. The van der Waals surface area contributed by atoms with Crippen molar-refractivity contribution in [2.24, 2.45) is 11.3 Å². The van der Waals surface area contributed by atoms with Crippen molar-refractivity contribution in [1.82, 2.24) is 14.8 Å². The number of rotatable bonds is 6. The molecule has 0 aromatic carbocycles. The molecule has 0 saturated carbocycles. The van der Waals surface area contributed by atoms with Crippen LogP contribution >= 0.6 is 0 Å². The van der Waals surface area contributed by atoms with Crippen molar-refractivity contribution in [3.8, 4) is 0 Å². The molecule has 144 valence electrons. The van der Waals surface area contributed by atoms with Crippen LogP contribution in [-0.4, -0.2) is 73.9 Å². The minimum atomic E-state index is 0.473. The second-order valence-electron chi connectivity index (χ2n) is 8.57. The highest BCUT2D eigenvalue weighted by Gasteiger charge is 2.45. The van der Waals surface area contributed by atoms with E-state index in [1.807, 2.05) is 19.4 Å². The van der Waals surface area contributed by atoms with Crippen LogP contribution in [-0.2, 0) is 16.0 Å². The highest BCUT2D eigenvalue weighted by Crippen LogP contribution is 2.44. The van der Waals surface area contributed by atoms with E-state index in [1.165, 1.54) is 57.6 Å². The van der Waals surface area contributed by atoms with E-state index < -0.39 is 0 Å². The van der Waals surface area contributed by atoms with Gasteiger partial charge in [0.2, 0.25) is 0 Å². The fourth-order valence-corrected chi connectivity index (χ4v) is 5.16. The molecule has 3 aliphatic heterocycles. The number of piperidine rings is 1. The van der Waals surface area contributed by atoms with E-state index in [-0.39, 0.29) is 0 Å². The zero-order valence-corrected chi connectivity index (χ0v) is 16.1. The first-order chi connectivity index (χ1) is 12.8. The molecule has 5 heteroatoms. The molecule has 2 atom stereocenters. The van der Waals surface area contributed by atoms with E-state index in [2.05, 4.69) is 26.9 Å². The highest BCUT2D eigenvalue weighted by atomic mass is 16.5. The molecular formula is C21H33N3O2. The lowest BCUT2D eigenvalue weighted by atomic mass is 9.76. The predicted molar refractivity (Wildman–Crippen MR) is 102 cm³/mol. The van der Waals surface area contributed by atoms with Crippen LogP contribution in [0.3, 0.4) is 0 Å². The summed E-state index contributed by atoms with van der Waals surface area (Å²) in [7, 11) is 1.83. The van der Waals surface area contributed by atoms with E-state index in [9.17, 15) is 0 Å². The lowest BCUT2D eigenvalue weighted by molar-refractivity contribution is 0.0904. The summed E-state index contributed by atoms with van der Waals surface area (Å²) in [6, 6.07) is 6.75. The Morgan fingerprint density at radius 1 is 1.31 bits per heavy atom. The van der Waals surface area contributed by atoms with Crippen molar-refractivity contribution >= 4 is 0 Å². The van der Waals surface area contributed by atoms with Gasteiger partial charge in [-0.15, -0.1) is 0 Å². The van der Waals surface area contributed by atoms with Crippen LogP contribution in [0.2, 0.25) is 0 Å².